The number of thioether (sulfide) groups is 1. The van der Waals surface area contributed by atoms with Crippen molar-refractivity contribution in [1.82, 2.24) is 9.97 Å². The van der Waals surface area contributed by atoms with Gasteiger partial charge in [0, 0.05) is 5.56 Å². The van der Waals surface area contributed by atoms with Gasteiger partial charge in [-0.2, -0.15) is 5.26 Å². The summed E-state index contributed by atoms with van der Waals surface area (Å²) in [6.45, 7) is 4.17. The van der Waals surface area contributed by atoms with E-state index in [-0.39, 0.29) is 5.56 Å². The summed E-state index contributed by atoms with van der Waals surface area (Å²) >= 11 is 1.34. The Kier molecular flexibility index (Phi) is 4.73. The molecule has 3 rings (SSSR count). The first-order chi connectivity index (χ1) is 12.0. The van der Waals surface area contributed by atoms with Crippen LogP contribution in [0.5, 0.6) is 0 Å². The second-order valence-corrected chi connectivity index (χ2v) is 6.59. The lowest BCUT2D eigenvalue weighted by atomic mass is 9.97. The molecule has 124 valence electrons. The van der Waals surface area contributed by atoms with Crippen molar-refractivity contribution < 1.29 is 0 Å². The first-order valence-corrected chi connectivity index (χ1v) is 9.02. The van der Waals surface area contributed by atoms with Crippen molar-refractivity contribution >= 4 is 11.8 Å². The highest BCUT2D eigenvalue weighted by atomic mass is 32.2. The summed E-state index contributed by atoms with van der Waals surface area (Å²) < 4.78 is 0. The van der Waals surface area contributed by atoms with Gasteiger partial charge in [-0.3, -0.25) is 4.79 Å². The van der Waals surface area contributed by atoms with E-state index in [0.717, 1.165) is 16.7 Å². The molecule has 2 aromatic carbocycles. The Morgan fingerprint density at radius 2 is 1.76 bits per heavy atom. The topological polar surface area (TPSA) is 69.5 Å². The minimum Gasteiger partial charge on any atom is -0.300 e. The Labute approximate surface area is 150 Å². The smallest absolute Gasteiger partial charge is 0.270 e. The van der Waals surface area contributed by atoms with Crippen LogP contribution in [0.4, 0.5) is 0 Å². The van der Waals surface area contributed by atoms with Crippen LogP contribution in [0.1, 0.15) is 16.7 Å². The molecule has 4 nitrogen and oxygen atoms in total. The molecule has 0 bridgehead atoms. The lowest BCUT2D eigenvalue weighted by molar-refractivity contribution is 0.938. The molecule has 0 radical (unpaired) electrons. The molecule has 0 aliphatic carbocycles. The first kappa shape index (κ1) is 17.0. The van der Waals surface area contributed by atoms with Gasteiger partial charge in [0.1, 0.15) is 11.6 Å². The zero-order valence-electron chi connectivity index (χ0n) is 14.3. The number of aromatic nitrogens is 2. The Morgan fingerprint density at radius 3 is 2.44 bits per heavy atom. The van der Waals surface area contributed by atoms with Gasteiger partial charge in [-0.15, -0.1) is 0 Å². The molecule has 0 amide bonds. The Bertz CT molecular complexity index is 1050. The van der Waals surface area contributed by atoms with E-state index in [1.54, 1.807) is 0 Å². The standard InChI is InChI=1S/C20H17N3OS/c1-12-7-8-15(9-13(12)2)14-5-4-6-16(10-14)18-17(11-21)19(24)23-20(22-18)25-3/h4-10H,1-3H3,(H,22,23,24). The first-order valence-electron chi connectivity index (χ1n) is 7.80. The fourth-order valence-corrected chi connectivity index (χ4v) is 3.01. The molecule has 1 heterocycles. The predicted octanol–water partition coefficient (Wildman–Crippen LogP) is 4.31. The van der Waals surface area contributed by atoms with E-state index >= 15 is 0 Å². The number of aryl methyl sites for hydroxylation is 2. The Hall–Kier alpha value is -2.84. The van der Waals surface area contributed by atoms with Crippen molar-refractivity contribution in [3.63, 3.8) is 0 Å². The van der Waals surface area contributed by atoms with Gasteiger partial charge in [0.2, 0.25) is 0 Å². The lowest BCUT2D eigenvalue weighted by Crippen LogP contribution is -2.14. The Balaban J connectivity index is 2.17. The third-order valence-corrected chi connectivity index (χ3v) is 4.76. The third-order valence-electron chi connectivity index (χ3n) is 4.18. The van der Waals surface area contributed by atoms with Gasteiger partial charge in [0.15, 0.2) is 5.16 Å². The molecule has 0 saturated carbocycles. The highest BCUT2D eigenvalue weighted by Gasteiger charge is 2.14. The van der Waals surface area contributed by atoms with Gasteiger partial charge in [-0.05, 0) is 48.4 Å². The van der Waals surface area contributed by atoms with Gasteiger partial charge >= 0.3 is 0 Å². The van der Waals surface area contributed by atoms with E-state index in [0.29, 0.717) is 10.9 Å². The summed E-state index contributed by atoms with van der Waals surface area (Å²) in [4.78, 5) is 19.2. The van der Waals surface area contributed by atoms with Crippen molar-refractivity contribution in [1.29, 1.82) is 5.26 Å². The number of hydrogen-bond acceptors (Lipinski definition) is 4. The van der Waals surface area contributed by atoms with Crippen LogP contribution in [-0.2, 0) is 0 Å². The molecule has 25 heavy (non-hydrogen) atoms. The van der Waals surface area contributed by atoms with Crippen molar-refractivity contribution in [2.45, 2.75) is 19.0 Å². The van der Waals surface area contributed by atoms with E-state index < -0.39 is 5.56 Å². The SMILES string of the molecule is CSc1nc(-c2cccc(-c3ccc(C)c(C)c3)c2)c(C#N)c(=O)[nH]1. The van der Waals surface area contributed by atoms with Crippen molar-refractivity contribution in [2.75, 3.05) is 6.26 Å². The fourth-order valence-electron chi connectivity index (χ4n) is 2.63. The van der Waals surface area contributed by atoms with E-state index in [4.69, 9.17) is 0 Å². The molecular weight excluding hydrogens is 330 g/mol. The number of rotatable bonds is 3. The molecule has 0 aliphatic rings. The summed E-state index contributed by atoms with van der Waals surface area (Å²) in [7, 11) is 0. The average Bonchev–Trinajstić information content (AvgIpc) is 2.63. The van der Waals surface area contributed by atoms with Gasteiger partial charge in [-0.25, -0.2) is 4.98 Å². The van der Waals surface area contributed by atoms with E-state index in [9.17, 15) is 10.1 Å². The minimum atomic E-state index is -0.409. The summed E-state index contributed by atoms with van der Waals surface area (Å²) in [6.07, 6.45) is 1.83. The summed E-state index contributed by atoms with van der Waals surface area (Å²) in [5.41, 5.74) is 5.39. The molecule has 5 heteroatoms. The minimum absolute atomic E-state index is 0.0371. The van der Waals surface area contributed by atoms with Gasteiger partial charge in [-0.1, -0.05) is 48.2 Å². The quantitative estimate of drug-likeness (QED) is 0.566. The van der Waals surface area contributed by atoms with Crippen LogP contribution >= 0.6 is 11.8 Å². The Morgan fingerprint density at radius 1 is 1.04 bits per heavy atom. The molecular formula is C20H17N3OS. The maximum atomic E-state index is 12.1. The van der Waals surface area contributed by atoms with Gasteiger partial charge in [0.25, 0.3) is 5.56 Å². The number of nitrogens with one attached hydrogen (secondary N) is 1. The third kappa shape index (κ3) is 3.35. The van der Waals surface area contributed by atoms with E-state index in [1.165, 1.54) is 22.9 Å². The average molecular weight is 347 g/mol. The number of aromatic amines is 1. The van der Waals surface area contributed by atoms with Crippen molar-refractivity contribution in [3.8, 4) is 28.5 Å². The van der Waals surface area contributed by atoms with Gasteiger partial charge in [0.05, 0.1) is 5.69 Å². The van der Waals surface area contributed by atoms with Crippen LogP contribution in [0.25, 0.3) is 22.4 Å². The molecule has 0 aliphatic heterocycles. The summed E-state index contributed by atoms with van der Waals surface area (Å²) in [6, 6.07) is 16.1. The highest BCUT2D eigenvalue weighted by molar-refractivity contribution is 7.98. The van der Waals surface area contributed by atoms with Crippen LogP contribution in [0.15, 0.2) is 52.4 Å². The van der Waals surface area contributed by atoms with E-state index in [1.807, 2.05) is 36.6 Å². The number of H-pyrrole nitrogens is 1. The van der Waals surface area contributed by atoms with Crippen LogP contribution in [0, 0.1) is 25.2 Å². The van der Waals surface area contributed by atoms with Gasteiger partial charge < -0.3 is 4.98 Å². The summed E-state index contributed by atoms with van der Waals surface area (Å²) in [5, 5.41) is 9.86. The lowest BCUT2D eigenvalue weighted by Gasteiger charge is -2.09. The largest absolute Gasteiger partial charge is 0.300 e. The second kappa shape index (κ2) is 6.96. The fraction of sp³-hybridized carbons (Fsp3) is 0.150. The van der Waals surface area contributed by atoms with E-state index in [2.05, 4.69) is 42.0 Å². The summed E-state index contributed by atoms with van der Waals surface area (Å²) in [5.74, 6) is 0. The molecule has 0 saturated heterocycles. The molecule has 1 aromatic heterocycles. The van der Waals surface area contributed by atoms with Crippen molar-refractivity contribution in [3.05, 3.63) is 69.5 Å². The van der Waals surface area contributed by atoms with Crippen LogP contribution < -0.4 is 5.56 Å². The normalized spacial score (nSPS) is 10.5. The molecule has 0 fully saturated rings. The highest BCUT2D eigenvalue weighted by Crippen LogP contribution is 2.28. The molecule has 0 unspecified atom stereocenters. The number of nitriles is 1. The van der Waals surface area contributed by atoms with Crippen molar-refractivity contribution in [2.24, 2.45) is 0 Å². The molecule has 0 spiro atoms. The maximum absolute atomic E-state index is 12.1. The zero-order chi connectivity index (χ0) is 18.0. The maximum Gasteiger partial charge on any atom is 0.270 e. The predicted molar refractivity (Wildman–Crippen MR) is 102 cm³/mol. The molecule has 0 atom stereocenters. The molecule has 1 N–H and O–H groups in total. The molecule has 3 aromatic rings. The van der Waals surface area contributed by atoms with Crippen LogP contribution in [-0.4, -0.2) is 16.2 Å². The number of hydrogen-bond donors (Lipinski definition) is 1. The number of nitrogens with zero attached hydrogens (tertiary/aromatic N) is 2. The zero-order valence-corrected chi connectivity index (χ0v) is 15.1. The van der Waals surface area contributed by atoms with Crippen LogP contribution in [0.3, 0.4) is 0 Å². The second-order valence-electron chi connectivity index (χ2n) is 5.79. The number of benzene rings is 2. The monoisotopic (exact) mass is 347 g/mol. The van der Waals surface area contributed by atoms with Crippen LogP contribution in [0.2, 0.25) is 0 Å².